The van der Waals surface area contributed by atoms with Crippen molar-refractivity contribution in [1.82, 2.24) is 4.90 Å². The zero-order valence-electron chi connectivity index (χ0n) is 6.89. The summed E-state index contributed by atoms with van der Waals surface area (Å²) < 4.78 is 13.0. The summed E-state index contributed by atoms with van der Waals surface area (Å²) in [6.45, 7) is 3.93. The molecule has 1 atom stereocenters. The maximum absolute atomic E-state index is 12.2. The Morgan fingerprint density at radius 3 is 2.55 bits per heavy atom. The first kappa shape index (κ1) is 9.71. The Hall–Kier alpha value is 0.620. The van der Waals surface area contributed by atoms with E-state index in [9.17, 15) is 4.39 Å². The topological polar surface area (TPSA) is 3.24 Å². The Bertz CT molecular complexity index is 113. The van der Waals surface area contributed by atoms with Gasteiger partial charge in [-0.1, -0.05) is 22.6 Å². The molecule has 1 rings (SSSR count). The molecule has 0 N–H and O–H groups in total. The van der Waals surface area contributed by atoms with E-state index in [1.54, 1.807) is 0 Å². The summed E-state index contributed by atoms with van der Waals surface area (Å²) in [7, 11) is 0. The average Bonchev–Trinajstić information content (AvgIpc) is 2.05. The minimum atomic E-state index is -0.202. The lowest BCUT2D eigenvalue weighted by atomic mass is 10.1. The molecule has 0 aromatic carbocycles. The third-order valence-electron chi connectivity index (χ3n) is 2.31. The number of alkyl halides is 2. The van der Waals surface area contributed by atoms with E-state index in [4.69, 9.17) is 0 Å². The van der Waals surface area contributed by atoms with Gasteiger partial charge in [-0.25, -0.2) is 4.39 Å². The summed E-state index contributed by atoms with van der Waals surface area (Å²) in [5, 5.41) is 0. The predicted octanol–water partition coefficient (Wildman–Crippen LogP) is 2.24. The normalized spacial score (nSPS) is 25.4. The van der Waals surface area contributed by atoms with Gasteiger partial charge >= 0.3 is 0 Å². The number of rotatable bonds is 2. The van der Waals surface area contributed by atoms with Crippen LogP contribution < -0.4 is 0 Å². The highest BCUT2D eigenvalue weighted by atomic mass is 127. The van der Waals surface area contributed by atoms with Gasteiger partial charge in [0.25, 0.3) is 0 Å². The van der Waals surface area contributed by atoms with Crippen LogP contribution in [0.3, 0.4) is 0 Å². The van der Waals surface area contributed by atoms with E-state index >= 15 is 0 Å². The lowest BCUT2D eigenvalue weighted by Crippen LogP contribution is -2.41. The minimum absolute atomic E-state index is 0.138. The highest BCUT2D eigenvalue weighted by Crippen LogP contribution is 2.19. The van der Waals surface area contributed by atoms with Crippen molar-refractivity contribution in [3.8, 4) is 0 Å². The van der Waals surface area contributed by atoms with E-state index in [0.29, 0.717) is 0 Å². The quantitative estimate of drug-likeness (QED) is 0.550. The van der Waals surface area contributed by atoms with Crippen molar-refractivity contribution < 1.29 is 4.39 Å². The molecule has 0 aromatic rings. The minimum Gasteiger partial charge on any atom is -0.298 e. The SMILES string of the molecule is CC(CF)N1CCC(I)CC1. The van der Waals surface area contributed by atoms with Crippen molar-refractivity contribution in [2.75, 3.05) is 19.8 Å². The number of likely N-dealkylation sites (tertiary alicyclic amines) is 1. The van der Waals surface area contributed by atoms with Crippen molar-refractivity contribution in [2.24, 2.45) is 0 Å². The van der Waals surface area contributed by atoms with Crippen molar-refractivity contribution in [1.29, 1.82) is 0 Å². The number of hydrogen-bond acceptors (Lipinski definition) is 1. The van der Waals surface area contributed by atoms with Gasteiger partial charge in [0, 0.05) is 9.97 Å². The lowest BCUT2D eigenvalue weighted by Gasteiger charge is -2.32. The number of nitrogens with zero attached hydrogens (tertiary/aromatic N) is 1. The van der Waals surface area contributed by atoms with E-state index < -0.39 is 0 Å². The summed E-state index contributed by atoms with van der Waals surface area (Å²) in [5.41, 5.74) is 0. The Morgan fingerprint density at radius 2 is 2.09 bits per heavy atom. The van der Waals surface area contributed by atoms with Crippen molar-refractivity contribution in [3.05, 3.63) is 0 Å². The lowest BCUT2D eigenvalue weighted by molar-refractivity contribution is 0.154. The standard InChI is InChI=1S/C8H15FIN/c1-7(6-9)11-4-2-8(10)3-5-11/h7-8H,2-6H2,1H3. The molecule has 0 spiro atoms. The number of hydrogen-bond donors (Lipinski definition) is 0. The Kier molecular flexibility index (Phi) is 4.06. The van der Waals surface area contributed by atoms with Gasteiger partial charge in [0.1, 0.15) is 6.67 Å². The molecule has 0 saturated carbocycles. The molecular weight excluding hydrogens is 256 g/mol. The Morgan fingerprint density at radius 1 is 1.55 bits per heavy atom. The largest absolute Gasteiger partial charge is 0.298 e. The first-order valence-corrected chi connectivity index (χ1v) is 5.42. The Labute approximate surface area is 81.5 Å². The third kappa shape index (κ3) is 2.86. The molecule has 11 heavy (non-hydrogen) atoms. The smallest absolute Gasteiger partial charge is 0.105 e. The summed E-state index contributed by atoms with van der Waals surface area (Å²) in [6, 6.07) is 0.138. The molecule has 0 amide bonds. The summed E-state index contributed by atoms with van der Waals surface area (Å²) in [6.07, 6.45) is 2.45. The second-order valence-electron chi connectivity index (χ2n) is 3.21. The fourth-order valence-corrected chi connectivity index (χ4v) is 1.96. The molecule has 0 radical (unpaired) electrons. The van der Waals surface area contributed by atoms with Gasteiger partial charge < -0.3 is 0 Å². The van der Waals surface area contributed by atoms with Gasteiger partial charge in [0.15, 0.2) is 0 Å². The predicted molar refractivity (Wildman–Crippen MR) is 54.1 cm³/mol. The molecule has 1 unspecified atom stereocenters. The monoisotopic (exact) mass is 271 g/mol. The van der Waals surface area contributed by atoms with Crippen LogP contribution in [-0.4, -0.2) is 34.6 Å². The van der Waals surface area contributed by atoms with Crippen LogP contribution in [0.5, 0.6) is 0 Å². The van der Waals surface area contributed by atoms with E-state index in [-0.39, 0.29) is 12.7 Å². The van der Waals surface area contributed by atoms with Crippen molar-refractivity contribution in [3.63, 3.8) is 0 Å². The van der Waals surface area contributed by atoms with Crippen LogP contribution in [-0.2, 0) is 0 Å². The van der Waals surface area contributed by atoms with Gasteiger partial charge in [-0.3, -0.25) is 4.90 Å². The summed E-state index contributed by atoms with van der Waals surface area (Å²) in [5.74, 6) is 0. The maximum atomic E-state index is 12.2. The number of halogens is 2. The van der Waals surface area contributed by atoms with Crippen LogP contribution in [0, 0.1) is 0 Å². The van der Waals surface area contributed by atoms with Crippen LogP contribution in [0.1, 0.15) is 19.8 Å². The van der Waals surface area contributed by atoms with Crippen LogP contribution >= 0.6 is 22.6 Å². The fourth-order valence-electron chi connectivity index (χ4n) is 1.41. The first-order valence-electron chi connectivity index (χ1n) is 4.18. The van der Waals surface area contributed by atoms with Crippen LogP contribution in [0.4, 0.5) is 4.39 Å². The van der Waals surface area contributed by atoms with E-state index in [1.807, 2.05) is 6.92 Å². The van der Waals surface area contributed by atoms with Gasteiger partial charge in [-0.05, 0) is 32.9 Å². The molecule has 1 heterocycles. The van der Waals surface area contributed by atoms with Gasteiger partial charge in [-0.2, -0.15) is 0 Å². The molecule has 1 nitrogen and oxygen atoms in total. The molecule has 1 aliphatic heterocycles. The second kappa shape index (κ2) is 4.60. The summed E-state index contributed by atoms with van der Waals surface area (Å²) in [4.78, 5) is 2.25. The molecule has 0 aromatic heterocycles. The molecular formula is C8H15FIN. The number of piperidine rings is 1. The molecule has 3 heteroatoms. The van der Waals surface area contributed by atoms with E-state index in [1.165, 1.54) is 12.8 Å². The maximum Gasteiger partial charge on any atom is 0.105 e. The molecule has 0 bridgehead atoms. The van der Waals surface area contributed by atoms with E-state index in [0.717, 1.165) is 17.0 Å². The fraction of sp³-hybridized carbons (Fsp3) is 1.00. The van der Waals surface area contributed by atoms with E-state index in [2.05, 4.69) is 27.5 Å². The van der Waals surface area contributed by atoms with Crippen molar-refractivity contribution in [2.45, 2.75) is 29.7 Å². The van der Waals surface area contributed by atoms with Crippen LogP contribution in [0.2, 0.25) is 0 Å². The van der Waals surface area contributed by atoms with Crippen LogP contribution in [0.15, 0.2) is 0 Å². The van der Waals surface area contributed by atoms with Gasteiger partial charge in [-0.15, -0.1) is 0 Å². The highest BCUT2D eigenvalue weighted by Gasteiger charge is 2.20. The zero-order valence-corrected chi connectivity index (χ0v) is 9.05. The molecule has 1 saturated heterocycles. The Balaban J connectivity index is 2.27. The molecule has 1 aliphatic rings. The third-order valence-corrected chi connectivity index (χ3v) is 3.55. The average molecular weight is 271 g/mol. The second-order valence-corrected chi connectivity index (χ2v) is 4.98. The molecule has 66 valence electrons. The van der Waals surface area contributed by atoms with Gasteiger partial charge in [0.05, 0.1) is 0 Å². The van der Waals surface area contributed by atoms with Crippen molar-refractivity contribution >= 4 is 22.6 Å². The first-order chi connectivity index (χ1) is 5.24. The molecule has 1 fully saturated rings. The highest BCUT2D eigenvalue weighted by molar-refractivity contribution is 14.1. The van der Waals surface area contributed by atoms with Crippen LogP contribution in [0.25, 0.3) is 0 Å². The summed E-state index contributed by atoms with van der Waals surface area (Å²) >= 11 is 2.48. The molecule has 0 aliphatic carbocycles. The van der Waals surface area contributed by atoms with Gasteiger partial charge in [0.2, 0.25) is 0 Å². The zero-order chi connectivity index (χ0) is 8.27.